The lowest BCUT2D eigenvalue weighted by molar-refractivity contribution is 0.466. The molecule has 2 aromatic heterocycles. The molecule has 0 aliphatic heterocycles. The third kappa shape index (κ3) is 2.65. The average Bonchev–Trinajstić information content (AvgIpc) is 2.85. The number of thiazole rings is 1. The molecule has 0 aromatic carbocycles. The van der Waals surface area contributed by atoms with E-state index in [1.165, 1.54) is 23.1 Å². The maximum Gasteiger partial charge on any atom is 0.278 e. The van der Waals surface area contributed by atoms with Crippen LogP contribution in [0, 0.1) is 25.2 Å². The van der Waals surface area contributed by atoms with E-state index < -0.39 is 0 Å². The summed E-state index contributed by atoms with van der Waals surface area (Å²) >= 11 is 2.78. The third-order valence-corrected chi connectivity index (χ3v) is 3.85. The highest BCUT2D eigenvalue weighted by atomic mass is 32.2. The van der Waals surface area contributed by atoms with Crippen LogP contribution in [0.1, 0.15) is 17.6 Å². The van der Waals surface area contributed by atoms with Crippen molar-refractivity contribution in [2.75, 3.05) is 0 Å². The second-order valence-electron chi connectivity index (χ2n) is 3.41. The summed E-state index contributed by atoms with van der Waals surface area (Å²) in [5.41, 5.74) is 0.890. The second-order valence-corrected chi connectivity index (χ2v) is 5.90. The Balaban J connectivity index is 2.24. The fourth-order valence-corrected chi connectivity index (χ4v) is 2.67. The number of hydrogen-bond acceptors (Lipinski definition) is 7. The lowest BCUT2D eigenvalue weighted by Crippen LogP contribution is -1.88. The van der Waals surface area contributed by atoms with E-state index in [0.717, 1.165) is 15.6 Å². The lowest BCUT2D eigenvalue weighted by atomic mass is 10.4. The van der Waals surface area contributed by atoms with Crippen molar-refractivity contribution in [2.24, 2.45) is 0 Å². The van der Waals surface area contributed by atoms with Gasteiger partial charge in [0, 0.05) is 0 Å². The molecule has 0 aliphatic rings. The first kappa shape index (κ1) is 12.1. The van der Waals surface area contributed by atoms with Gasteiger partial charge in [-0.15, -0.1) is 21.5 Å². The number of hydrogen-bond donors (Lipinski definition) is 0. The van der Waals surface area contributed by atoms with Crippen LogP contribution in [-0.2, 0) is 0 Å². The van der Waals surface area contributed by atoms with Crippen LogP contribution in [0.5, 0.6) is 0 Å². The lowest BCUT2D eigenvalue weighted by Gasteiger charge is -1.94. The molecule has 0 amide bonds. The molecule has 0 N–H and O–H groups in total. The quantitative estimate of drug-likeness (QED) is 0.795. The van der Waals surface area contributed by atoms with Crippen LogP contribution in [-0.4, -0.2) is 20.4 Å². The number of thioether (sulfide) groups is 1. The van der Waals surface area contributed by atoms with E-state index in [1.54, 1.807) is 6.92 Å². The van der Waals surface area contributed by atoms with Crippen molar-refractivity contribution < 1.29 is 4.42 Å². The third-order valence-electron chi connectivity index (χ3n) is 1.96. The summed E-state index contributed by atoms with van der Waals surface area (Å²) in [6, 6.07) is 2.10. The zero-order valence-electron chi connectivity index (χ0n) is 9.59. The number of rotatable bonds is 3. The largest absolute Gasteiger partial charge is 0.410 e. The average molecular weight is 266 g/mol. The molecule has 2 heterocycles. The van der Waals surface area contributed by atoms with E-state index in [2.05, 4.69) is 21.3 Å². The Hall–Kier alpha value is -1.39. The van der Waals surface area contributed by atoms with Gasteiger partial charge in [-0.1, -0.05) is 0 Å². The molecule has 0 saturated carbocycles. The minimum absolute atomic E-state index is 0.201. The van der Waals surface area contributed by atoms with Crippen LogP contribution in [0.25, 0.3) is 10.8 Å². The number of aryl methyl sites for hydroxylation is 2. The molecule has 5 nitrogen and oxygen atoms in total. The van der Waals surface area contributed by atoms with Crippen molar-refractivity contribution in [3.63, 3.8) is 0 Å². The molecular weight excluding hydrogens is 256 g/mol. The highest BCUT2D eigenvalue weighted by Gasteiger charge is 2.16. The fraction of sp³-hybridized carbons (Fsp3) is 0.400. The molecule has 0 radical (unpaired) electrons. The van der Waals surface area contributed by atoms with E-state index in [9.17, 15) is 0 Å². The van der Waals surface area contributed by atoms with Gasteiger partial charge in [-0.25, -0.2) is 4.98 Å². The topological polar surface area (TPSA) is 75.6 Å². The SMILES string of the molecule is Cc1nc(C)c(-c2nnc(SC(C)C#N)o2)s1. The summed E-state index contributed by atoms with van der Waals surface area (Å²) in [6.07, 6.45) is 0. The Labute approximate surface area is 107 Å². The molecule has 0 aliphatic carbocycles. The molecule has 88 valence electrons. The van der Waals surface area contributed by atoms with Crippen molar-refractivity contribution in [1.82, 2.24) is 15.2 Å². The predicted molar refractivity (Wildman–Crippen MR) is 65.8 cm³/mol. The maximum absolute atomic E-state index is 8.70. The Morgan fingerprint density at radius 1 is 1.41 bits per heavy atom. The molecule has 17 heavy (non-hydrogen) atoms. The summed E-state index contributed by atoms with van der Waals surface area (Å²) < 4.78 is 5.50. The van der Waals surface area contributed by atoms with Gasteiger partial charge < -0.3 is 4.42 Å². The summed E-state index contributed by atoms with van der Waals surface area (Å²) in [4.78, 5) is 5.20. The number of aromatic nitrogens is 3. The zero-order valence-corrected chi connectivity index (χ0v) is 11.2. The van der Waals surface area contributed by atoms with Gasteiger partial charge in [0.2, 0.25) is 0 Å². The van der Waals surface area contributed by atoms with Gasteiger partial charge in [0.05, 0.1) is 22.0 Å². The van der Waals surface area contributed by atoms with Crippen LogP contribution in [0.3, 0.4) is 0 Å². The van der Waals surface area contributed by atoms with Gasteiger partial charge in [0.1, 0.15) is 4.88 Å². The van der Waals surface area contributed by atoms with E-state index in [1.807, 2.05) is 13.8 Å². The van der Waals surface area contributed by atoms with Crippen molar-refractivity contribution in [3.05, 3.63) is 10.7 Å². The van der Waals surface area contributed by atoms with Crippen molar-refractivity contribution in [2.45, 2.75) is 31.2 Å². The normalized spacial score (nSPS) is 12.4. The first-order chi connectivity index (χ1) is 8.10. The molecule has 1 atom stereocenters. The molecule has 1 unspecified atom stereocenters. The number of nitrogens with zero attached hydrogens (tertiary/aromatic N) is 4. The van der Waals surface area contributed by atoms with Crippen LogP contribution < -0.4 is 0 Å². The van der Waals surface area contributed by atoms with Gasteiger partial charge >= 0.3 is 0 Å². The van der Waals surface area contributed by atoms with Gasteiger partial charge in [-0.2, -0.15) is 5.26 Å². The predicted octanol–water partition coefficient (Wildman–Crippen LogP) is 2.81. The molecular formula is C10H10N4OS2. The molecule has 2 aromatic rings. The number of nitriles is 1. The van der Waals surface area contributed by atoms with Crippen LogP contribution in [0.2, 0.25) is 0 Å². The molecule has 7 heteroatoms. The monoisotopic (exact) mass is 266 g/mol. The Morgan fingerprint density at radius 2 is 2.18 bits per heavy atom. The standard InChI is InChI=1S/C10H10N4OS2/c1-5(4-11)16-10-14-13-9(15-10)8-6(2)12-7(3)17-8/h5H,1-3H3. The fourth-order valence-electron chi connectivity index (χ4n) is 1.26. The summed E-state index contributed by atoms with van der Waals surface area (Å²) in [7, 11) is 0. The molecule has 0 fully saturated rings. The molecule has 0 spiro atoms. The van der Waals surface area contributed by atoms with E-state index in [-0.39, 0.29) is 5.25 Å². The van der Waals surface area contributed by atoms with E-state index in [4.69, 9.17) is 9.68 Å². The van der Waals surface area contributed by atoms with E-state index in [0.29, 0.717) is 11.1 Å². The van der Waals surface area contributed by atoms with Gasteiger partial charge in [-0.05, 0) is 32.5 Å². The van der Waals surface area contributed by atoms with Gasteiger partial charge in [-0.3, -0.25) is 0 Å². The van der Waals surface area contributed by atoms with Crippen LogP contribution in [0.15, 0.2) is 9.64 Å². The van der Waals surface area contributed by atoms with Gasteiger partial charge in [0.15, 0.2) is 0 Å². The van der Waals surface area contributed by atoms with Crippen molar-refractivity contribution in [1.29, 1.82) is 5.26 Å². The van der Waals surface area contributed by atoms with Crippen molar-refractivity contribution in [3.8, 4) is 16.8 Å². The minimum Gasteiger partial charge on any atom is -0.410 e. The Morgan fingerprint density at radius 3 is 2.76 bits per heavy atom. The summed E-state index contributed by atoms with van der Waals surface area (Å²) in [5, 5.41) is 17.8. The minimum atomic E-state index is -0.201. The first-order valence-electron chi connectivity index (χ1n) is 4.94. The molecule has 0 bridgehead atoms. The summed E-state index contributed by atoms with van der Waals surface area (Å²) in [5.74, 6) is 0.473. The second kappa shape index (κ2) is 4.85. The maximum atomic E-state index is 8.70. The van der Waals surface area contributed by atoms with Crippen LogP contribution in [0.4, 0.5) is 0 Å². The van der Waals surface area contributed by atoms with Gasteiger partial charge in [0.25, 0.3) is 11.1 Å². The highest BCUT2D eigenvalue weighted by Crippen LogP contribution is 2.31. The van der Waals surface area contributed by atoms with Crippen LogP contribution >= 0.6 is 23.1 Å². The smallest absolute Gasteiger partial charge is 0.278 e. The molecule has 0 saturated heterocycles. The van der Waals surface area contributed by atoms with E-state index >= 15 is 0 Å². The molecule has 2 rings (SSSR count). The zero-order chi connectivity index (χ0) is 12.4. The first-order valence-corrected chi connectivity index (χ1v) is 6.64. The summed E-state index contributed by atoms with van der Waals surface area (Å²) in [6.45, 7) is 5.63. The Kier molecular flexibility index (Phi) is 3.45. The highest BCUT2D eigenvalue weighted by molar-refractivity contribution is 7.99. The Bertz CT molecular complexity index is 569. The van der Waals surface area contributed by atoms with Crippen molar-refractivity contribution >= 4 is 23.1 Å².